The van der Waals surface area contributed by atoms with Crippen LogP contribution in [0.15, 0.2) is 11.2 Å². The van der Waals surface area contributed by atoms with Crippen LogP contribution in [-0.4, -0.2) is 37.5 Å². The van der Waals surface area contributed by atoms with Crippen molar-refractivity contribution >= 4 is 10.0 Å². The van der Waals surface area contributed by atoms with Gasteiger partial charge in [-0.25, -0.2) is 18.1 Å². The van der Waals surface area contributed by atoms with E-state index >= 15 is 0 Å². The number of aryl methyl sites for hydroxylation is 1. The van der Waals surface area contributed by atoms with E-state index in [2.05, 4.69) is 20.0 Å². The lowest BCUT2D eigenvalue weighted by Gasteiger charge is -2.10. The van der Waals surface area contributed by atoms with Crippen molar-refractivity contribution in [3.63, 3.8) is 0 Å². The average Bonchev–Trinajstić information content (AvgIpc) is 2.85. The zero-order valence-electron chi connectivity index (χ0n) is 9.16. The lowest BCUT2D eigenvalue weighted by atomic mass is 10.3. The Morgan fingerprint density at radius 3 is 3.00 bits per heavy atom. The van der Waals surface area contributed by atoms with Crippen LogP contribution in [0.3, 0.4) is 0 Å². The molecule has 1 aromatic heterocycles. The summed E-state index contributed by atoms with van der Waals surface area (Å²) in [6.07, 6.45) is 2.89. The van der Waals surface area contributed by atoms with Gasteiger partial charge >= 0.3 is 0 Å². The molecule has 1 saturated heterocycles. The van der Waals surface area contributed by atoms with Gasteiger partial charge in [-0.3, -0.25) is 0 Å². The molecule has 0 unspecified atom stereocenters. The highest BCUT2D eigenvalue weighted by atomic mass is 32.2. The summed E-state index contributed by atoms with van der Waals surface area (Å²) in [6.45, 7) is 3.47. The van der Waals surface area contributed by atoms with E-state index in [9.17, 15) is 8.42 Å². The second-order valence-electron chi connectivity index (χ2n) is 3.86. The first-order chi connectivity index (χ1) is 7.62. The fourth-order valence-electron chi connectivity index (χ4n) is 1.70. The maximum atomic E-state index is 11.9. The van der Waals surface area contributed by atoms with Gasteiger partial charge in [-0.05, 0) is 13.0 Å². The van der Waals surface area contributed by atoms with Crippen molar-refractivity contribution in [2.24, 2.45) is 0 Å². The van der Waals surface area contributed by atoms with E-state index in [-0.39, 0.29) is 11.1 Å². The number of hydrogen-bond acceptors (Lipinski definition) is 4. The molecule has 0 amide bonds. The Labute approximate surface area is 94.9 Å². The van der Waals surface area contributed by atoms with Gasteiger partial charge in [0.05, 0.1) is 6.20 Å². The van der Waals surface area contributed by atoms with Crippen molar-refractivity contribution in [1.82, 2.24) is 20.0 Å². The van der Waals surface area contributed by atoms with Crippen LogP contribution in [0.25, 0.3) is 0 Å². The highest BCUT2D eigenvalue weighted by molar-refractivity contribution is 7.89. The van der Waals surface area contributed by atoms with E-state index in [0.29, 0.717) is 18.8 Å². The minimum absolute atomic E-state index is 0.0154. The Hall–Kier alpha value is -0.920. The summed E-state index contributed by atoms with van der Waals surface area (Å²) >= 11 is 0. The second-order valence-corrected chi connectivity index (χ2v) is 5.54. The van der Waals surface area contributed by atoms with E-state index in [1.54, 1.807) is 0 Å². The predicted octanol–water partition coefficient (Wildman–Crippen LogP) is -0.388. The molecule has 2 heterocycles. The van der Waals surface area contributed by atoms with E-state index in [0.717, 1.165) is 13.0 Å². The molecular formula is C9H16N4O2S. The minimum atomic E-state index is -3.44. The molecule has 3 N–H and O–H groups in total. The zero-order chi connectivity index (χ0) is 11.6. The quantitative estimate of drug-likeness (QED) is 0.673. The van der Waals surface area contributed by atoms with E-state index in [1.807, 2.05) is 6.92 Å². The lowest BCUT2D eigenvalue weighted by Crippen LogP contribution is -2.36. The minimum Gasteiger partial charge on any atom is -0.332 e. The molecule has 7 heteroatoms. The van der Waals surface area contributed by atoms with Crippen LogP contribution in [0.2, 0.25) is 0 Å². The zero-order valence-corrected chi connectivity index (χ0v) is 9.97. The Kier molecular flexibility index (Phi) is 3.27. The predicted molar refractivity (Wildman–Crippen MR) is 59.6 cm³/mol. The summed E-state index contributed by atoms with van der Waals surface area (Å²) in [5.41, 5.74) is 0. The summed E-state index contributed by atoms with van der Waals surface area (Å²) in [4.78, 5) is 6.78. The van der Waals surface area contributed by atoms with Crippen LogP contribution in [0, 0.1) is 0 Å². The van der Waals surface area contributed by atoms with Gasteiger partial charge in [-0.15, -0.1) is 0 Å². The fourth-order valence-corrected chi connectivity index (χ4v) is 2.91. The number of rotatable bonds is 4. The number of H-pyrrole nitrogens is 1. The molecule has 1 aromatic rings. The first-order valence-electron chi connectivity index (χ1n) is 5.39. The molecule has 0 aromatic carbocycles. The topological polar surface area (TPSA) is 86.9 Å². The Morgan fingerprint density at radius 1 is 1.62 bits per heavy atom. The Morgan fingerprint density at radius 2 is 2.44 bits per heavy atom. The van der Waals surface area contributed by atoms with Crippen LogP contribution in [0.1, 0.15) is 19.2 Å². The summed E-state index contributed by atoms with van der Waals surface area (Å²) in [5, 5.41) is 3.26. The Balaban J connectivity index is 2.11. The van der Waals surface area contributed by atoms with Crippen molar-refractivity contribution in [3.8, 4) is 0 Å². The average molecular weight is 244 g/mol. The highest BCUT2D eigenvalue weighted by Crippen LogP contribution is 2.08. The number of aromatic amines is 1. The molecule has 2 rings (SSSR count). The number of imidazole rings is 1. The normalized spacial score (nSPS) is 21.4. The van der Waals surface area contributed by atoms with E-state index in [4.69, 9.17) is 0 Å². The molecule has 0 saturated carbocycles. The molecule has 1 aliphatic rings. The van der Waals surface area contributed by atoms with E-state index in [1.165, 1.54) is 6.20 Å². The van der Waals surface area contributed by atoms with Crippen LogP contribution in [0.4, 0.5) is 0 Å². The fraction of sp³-hybridized carbons (Fsp3) is 0.667. The first-order valence-corrected chi connectivity index (χ1v) is 6.87. The number of aromatic nitrogens is 2. The van der Waals surface area contributed by atoms with Gasteiger partial charge in [0, 0.05) is 19.0 Å². The third-order valence-electron chi connectivity index (χ3n) is 2.61. The molecule has 0 spiro atoms. The smallest absolute Gasteiger partial charge is 0.257 e. The van der Waals surface area contributed by atoms with Crippen LogP contribution < -0.4 is 10.0 Å². The maximum Gasteiger partial charge on any atom is 0.257 e. The van der Waals surface area contributed by atoms with Crippen molar-refractivity contribution < 1.29 is 8.42 Å². The molecule has 1 atom stereocenters. The van der Waals surface area contributed by atoms with Gasteiger partial charge in [0.15, 0.2) is 5.03 Å². The molecule has 0 radical (unpaired) electrons. The lowest BCUT2D eigenvalue weighted by molar-refractivity contribution is 0.557. The van der Waals surface area contributed by atoms with Crippen molar-refractivity contribution in [3.05, 3.63) is 12.0 Å². The van der Waals surface area contributed by atoms with Crippen LogP contribution in [-0.2, 0) is 16.4 Å². The van der Waals surface area contributed by atoms with Crippen LogP contribution in [0.5, 0.6) is 0 Å². The Bertz CT molecular complexity index is 448. The third-order valence-corrected chi connectivity index (χ3v) is 4.04. The van der Waals surface area contributed by atoms with Gasteiger partial charge in [-0.1, -0.05) is 6.92 Å². The van der Waals surface area contributed by atoms with Crippen molar-refractivity contribution in [2.45, 2.75) is 30.8 Å². The van der Waals surface area contributed by atoms with Crippen LogP contribution >= 0.6 is 0 Å². The van der Waals surface area contributed by atoms with Gasteiger partial charge < -0.3 is 10.3 Å². The molecule has 1 fully saturated rings. The van der Waals surface area contributed by atoms with Gasteiger partial charge in [0.2, 0.25) is 0 Å². The van der Waals surface area contributed by atoms with Gasteiger partial charge in [0.1, 0.15) is 5.82 Å². The molecule has 90 valence electrons. The maximum absolute atomic E-state index is 11.9. The standard InChI is InChI=1S/C9H16N4O2S/c1-2-8-11-6-9(12-8)16(14,15)13-7-3-4-10-5-7/h6-7,10,13H,2-5H2,1H3,(H,11,12)/t7-/m0/s1. The first kappa shape index (κ1) is 11.6. The molecule has 16 heavy (non-hydrogen) atoms. The second kappa shape index (κ2) is 4.52. The summed E-state index contributed by atoms with van der Waals surface area (Å²) in [6, 6.07) is -0.0154. The van der Waals surface area contributed by atoms with Gasteiger partial charge in [-0.2, -0.15) is 0 Å². The molecule has 0 aliphatic carbocycles. The monoisotopic (exact) mass is 244 g/mol. The number of nitrogens with zero attached hydrogens (tertiary/aromatic N) is 1. The summed E-state index contributed by atoms with van der Waals surface area (Å²) < 4.78 is 26.5. The van der Waals surface area contributed by atoms with Gasteiger partial charge in [0.25, 0.3) is 10.0 Å². The molecule has 6 nitrogen and oxygen atoms in total. The largest absolute Gasteiger partial charge is 0.332 e. The van der Waals surface area contributed by atoms with E-state index < -0.39 is 10.0 Å². The number of nitrogens with one attached hydrogen (secondary N) is 3. The molecule has 1 aliphatic heterocycles. The third kappa shape index (κ3) is 2.42. The summed E-state index contributed by atoms with van der Waals surface area (Å²) in [7, 11) is -3.44. The molecular weight excluding hydrogens is 228 g/mol. The SMILES string of the molecule is CCc1ncc(S(=O)(=O)N[C@H]2CCNC2)[nH]1. The van der Waals surface area contributed by atoms with Crippen molar-refractivity contribution in [1.29, 1.82) is 0 Å². The summed E-state index contributed by atoms with van der Waals surface area (Å²) in [5.74, 6) is 0.685. The number of hydrogen-bond donors (Lipinski definition) is 3. The van der Waals surface area contributed by atoms with Crippen molar-refractivity contribution in [2.75, 3.05) is 13.1 Å². The highest BCUT2D eigenvalue weighted by Gasteiger charge is 2.23. The number of sulfonamides is 1. The molecule has 0 bridgehead atoms.